The Hall–Kier alpha value is -3.09. The summed E-state index contributed by atoms with van der Waals surface area (Å²) in [4.78, 5) is 20.4. The molecule has 0 aliphatic carbocycles. The number of guanidine groups is 1. The maximum Gasteiger partial charge on any atom is 0.222 e. The SMILES string of the molecule is CN=C(NCc1cccc(CN2CCCC2=O)c1)NC1CCCN(c2cccc(F)c2)C1. The number of nitrogens with one attached hydrogen (secondary N) is 2. The van der Waals surface area contributed by atoms with Gasteiger partial charge in [-0.2, -0.15) is 0 Å². The molecule has 2 heterocycles. The molecule has 2 fully saturated rings. The van der Waals surface area contributed by atoms with E-state index in [-0.39, 0.29) is 17.8 Å². The van der Waals surface area contributed by atoms with Crippen LogP contribution in [-0.4, -0.2) is 49.5 Å². The first-order valence-electron chi connectivity index (χ1n) is 11.4. The largest absolute Gasteiger partial charge is 0.369 e. The average molecular weight is 438 g/mol. The van der Waals surface area contributed by atoms with Crippen LogP contribution in [0.25, 0.3) is 0 Å². The summed E-state index contributed by atoms with van der Waals surface area (Å²) in [7, 11) is 1.78. The molecule has 1 atom stereocenters. The predicted molar refractivity (Wildman–Crippen MR) is 126 cm³/mol. The van der Waals surface area contributed by atoms with E-state index in [1.807, 2.05) is 17.0 Å². The molecular weight excluding hydrogens is 405 g/mol. The van der Waals surface area contributed by atoms with Crippen molar-refractivity contribution in [2.24, 2.45) is 4.99 Å². The second kappa shape index (κ2) is 10.5. The minimum absolute atomic E-state index is 0.202. The molecule has 32 heavy (non-hydrogen) atoms. The number of hydrogen-bond donors (Lipinski definition) is 2. The lowest BCUT2D eigenvalue weighted by atomic mass is 10.0. The van der Waals surface area contributed by atoms with Crippen LogP contribution >= 0.6 is 0 Å². The molecule has 2 aromatic carbocycles. The van der Waals surface area contributed by atoms with Gasteiger partial charge >= 0.3 is 0 Å². The summed E-state index contributed by atoms with van der Waals surface area (Å²) in [5.74, 6) is 0.806. The van der Waals surface area contributed by atoms with Crippen molar-refractivity contribution < 1.29 is 9.18 Å². The quantitative estimate of drug-likeness (QED) is 0.538. The Morgan fingerprint density at radius 2 is 1.97 bits per heavy atom. The number of aliphatic imine (C=N–C) groups is 1. The average Bonchev–Trinajstić information content (AvgIpc) is 3.21. The van der Waals surface area contributed by atoms with Gasteiger partial charge in [0.2, 0.25) is 5.91 Å². The van der Waals surface area contributed by atoms with Gasteiger partial charge in [0.15, 0.2) is 5.96 Å². The number of hydrogen-bond acceptors (Lipinski definition) is 3. The molecule has 6 nitrogen and oxygen atoms in total. The second-order valence-electron chi connectivity index (χ2n) is 8.57. The molecule has 0 bridgehead atoms. The third-order valence-electron chi connectivity index (χ3n) is 6.16. The van der Waals surface area contributed by atoms with Crippen LogP contribution in [0.15, 0.2) is 53.5 Å². The normalized spacial score (nSPS) is 19.4. The second-order valence-corrected chi connectivity index (χ2v) is 8.57. The number of rotatable bonds is 6. The topological polar surface area (TPSA) is 60.0 Å². The van der Waals surface area contributed by atoms with E-state index in [9.17, 15) is 9.18 Å². The number of carbonyl (C=O) groups is 1. The fraction of sp³-hybridized carbons (Fsp3) is 0.440. The Balaban J connectivity index is 1.30. The van der Waals surface area contributed by atoms with E-state index in [0.29, 0.717) is 19.5 Å². The molecule has 1 unspecified atom stereocenters. The minimum Gasteiger partial charge on any atom is -0.369 e. The smallest absolute Gasteiger partial charge is 0.222 e. The van der Waals surface area contributed by atoms with E-state index in [0.717, 1.165) is 61.7 Å². The van der Waals surface area contributed by atoms with E-state index in [1.165, 1.54) is 6.07 Å². The third-order valence-corrected chi connectivity index (χ3v) is 6.16. The summed E-state index contributed by atoms with van der Waals surface area (Å²) in [6.07, 6.45) is 3.72. The van der Waals surface area contributed by atoms with Gasteiger partial charge in [-0.05, 0) is 48.6 Å². The highest BCUT2D eigenvalue weighted by Crippen LogP contribution is 2.21. The molecule has 4 rings (SSSR count). The summed E-state index contributed by atoms with van der Waals surface area (Å²) >= 11 is 0. The van der Waals surface area contributed by atoms with Crippen LogP contribution in [0.2, 0.25) is 0 Å². The van der Waals surface area contributed by atoms with Crippen molar-refractivity contribution in [1.82, 2.24) is 15.5 Å². The lowest BCUT2D eigenvalue weighted by Gasteiger charge is -2.35. The lowest BCUT2D eigenvalue weighted by Crippen LogP contribution is -2.51. The molecule has 0 spiro atoms. The summed E-state index contributed by atoms with van der Waals surface area (Å²) in [6, 6.07) is 15.4. The number of anilines is 1. The molecule has 0 saturated carbocycles. The number of halogens is 1. The first kappa shape index (κ1) is 22.1. The number of carbonyl (C=O) groups excluding carboxylic acids is 1. The number of nitrogens with zero attached hydrogens (tertiary/aromatic N) is 3. The van der Waals surface area contributed by atoms with Gasteiger partial charge in [0.25, 0.3) is 0 Å². The molecule has 0 radical (unpaired) electrons. The fourth-order valence-corrected chi connectivity index (χ4v) is 4.51. The lowest BCUT2D eigenvalue weighted by molar-refractivity contribution is -0.128. The molecule has 170 valence electrons. The van der Waals surface area contributed by atoms with E-state index in [4.69, 9.17) is 0 Å². The maximum atomic E-state index is 13.6. The minimum atomic E-state index is -0.202. The van der Waals surface area contributed by atoms with Crippen molar-refractivity contribution in [3.8, 4) is 0 Å². The van der Waals surface area contributed by atoms with Gasteiger partial charge in [0.1, 0.15) is 5.82 Å². The van der Waals surface area contributed by atoms with Crippen LogP contribution in [-0.2, 0) is 17.9 Å². The highest BCUT2D eigenvalue weighted by Gasteiger charge is 2.22. The molecule has 2 aromatic rings. The van der Waals surface area contributed by atoms with Gasteiger partial charge in [0, 0.05) is 57.9 Å². The van der Waals surface area contributed by atoms with Gasteiger partial charge in [0.05, 0.1) is 0 Å². The fourth-order valence-electron chi connectivity index (χ4n) is 4.51. The Kier molecular flexibility index (Phi) is 7.24. The number of amides is 1. The highest BCUT2D eigenvalue weighted by molar-refractivity contribution is 5.80. The third kappa shape index (κ3) is 5.78. The maximum absolute atomic E-state index is 13.6. The molecule has 1 amide bonds. The highest BCUT2D eigenvalue weighted by atomic mass is 19.1. The summed E-state index contributed by atoms with van der Waals surface area (Å²) in [5, 5.41) is 6.93. The van der Waals surface area contributed by atoms with Crippen LogP contribution in [0, 0.1) is 5.82 Å². The van der Waals surface area contributed by atoms with Crippen molar-refractivity contribution in [1.29, 1.82) is 0 Å². The van der Waals surface area contributed by atoms with Gasteiger partial charge in [-0.15, -0.1) is 0 Å². The van der Waals surface area contributed by atoms with Gasteiger partial charge in [-0.1, -0.05) is 30.3 Å². The number of piperidine rings is 1. The molecule has 0 aromatic heterocycles. The van der Waals surface area contributed by atoms with Crippen molar-refractivity contribution in [2.45, 2.75) is 44.8 Å². The van der Waals surface area contributed by atoms with E-state index >= 15 is 0 Å². The Labute approximate surface area is 189 Å². The zero-order valence-electron chi connectivity index (χ0n) is 18.7. The molecule has 7 heteroatoms. The number of likely N-dealkylation sites (tertiary alicyclic amines) is 1. The van der Waals surface area contributed by atoms with E-state index in [2.05, 4.69) is 38.7 Å². The predicted octanol–water partition coefficient (Wildman–Crippen LogP) is 3.28. The number of benzene rings is 2. The van der Waals surface area contributed by atoms with Crippen LogP contribution < -0.4 is 15.5 Å². The molecule has 2 aliphatic heterocycles. The summed E-state index contributed by atoms with van der Waals surface area (Å²) in [6.45, 7) is 3.93. The van der Waals surface area contributed by atoms with Crippen molar-refractivity contribution >= 4 is 17.6 Å². The van der Waals surface area contributed by atoms with Crippen molar-refractivity contribution in [3.05, 3.63) is 65.5 Å². The molecule has 2 saturated heterocycles. The summed E-state index contributed by atoms with van der Waals surface area (Å²) < 4.78 is 13.6. The van der Waals surface area contributed by atoms with Gasteiger partial charge in [-0.25, -0.2) is 4.39 Å². The summed E-state index contributed by atoms with van der Waals surface area (Å²) in [5.41, 5.74) is 3.23. The Bertz CT molecular complexity index is 963. The zero-order valence-corrected chi connectivity index (χ0v) is 18.7. The van der Waals surface area contributed by atoms with E-state index < -0.39 is 0 Å². The van der Waals surface area contributed by atoms with Crippen LogP contribution in [0.4, 0.5) is 10.1 Å². The van der Waals surface area contributed by atoms with Crippen LogP contribution in [0.3, 0.4) is 0 Å². The molecule has 2 aliphatic rings. The van der Waals surface area contributed by atoms with Crippen LogP contribution in [0.5, 0.6) is 0 Å². The Morgan fingerprint density at radius 1 is 1.12 bits per heavy atom. The monoisotopic (exact) mass is 437 g/mol. The van der Waals surface area contributed by atoms with Gasteiger partial charge < -0.3 is 20.4 Å². The molecular formula is C25H32FN5O. The zero-order chi connectivity index (χ0) is 22.3. The van der Waals surface area contributed by atoms with Crippen molar-refractivity contribution in [2.75, 3.05) is 31.6 Å². The first-order valence-corrected chi connectivity index (χ1v) is 11.4. The van der Waals surface area contributed by atoms with Gasteiger partial charge in [-0.3, -0.25) is 9.79 Å². The van der Waals surface area contributed by atoms with Crippen LogP contribution in [0.1, 0.15) is 36.8 Å². The Morgan fingerprint density at radius 3 is 2.75 bits per heavy atom. The molecule has 2 N–H and O–H groups in total. The van der Waals surface area contributed by atoms with Crippen molar-refractivity contribution in [3.63, 3.8) is 0 Å². The standard InChI is InChI=1S/C25H32FN5O/c1-27-25(29-22-9-4-12-30(18-22)23-10-3-8-21(26)15-23)28-16-19-6-2-7-20(14-19)17-31-13-5-11-24(31)32/h2-3,6-8,10,14-15,22H,4-5,9,11-13,16-18H2,1H3,(H2,27,28,29). The van der Waals surface area contributed by atoms with E-state index in [1.54, 1.807) is 19.2 Å². The first-order chi connectivity index (χ1) is 15.6.